The smallest absolute Gasteiger partial charge is 0.254 e. The summed E-state index contributed by atoms with van der Waals surface area (Å²) in [5, 5.41) is 0. The third-order valence-corrected chi connectivity index (χ3v) is 4.39. The first kappa shape index (κ1) is 14.6. The van der Waals surface area contributed by atoms with Crippen LogP contribution >= 0.6 is 0 Å². The fourth-order valence-corrected chi connectivity index (χ4v) is 3.19. The van der Waals surface area contributed by atoms with E-state index in [-0.39, 0.29) is 11.9 Å². The lowest BCUT2D eigenvalue weighted by Crippen LogP contribution is -2.30. The molecule has 1 aliphatic heterocycles. The fourth-order valence-electron chi connectivity index (χ4n) is 3.19. The monoisotopic (exact) mass is 319 g/mol. The van der Waals surface area contributed by atoms with Gasteiger partial charge >= 0.3 is 0 Å². The van der Waals surface area contributed by atoms with Crippen LogP contribution in [0.25, 0.3) is 11.3 Å². The summed E-state index contributed by atoms with van der Waals surface area (Å²) < 4.78 is 5.28. The van der Waals surface area contributed by atoms with Crippen LogP contribution in [0.4, 0.5) is 0 Å². The summed E-state index contributed by atoms with van der Waals surface area (Å²) in [6, 6.07) is 13.4. The highest BCUT2D eigenvalue weighted by molar-refractivity contribution is 5.95. The third-order valence-electron chi connectivity index (χ3n) is 4.39. The molecular weight excluding hydrogens is 302 g/mol. The minimum absolute atomic E-state index is 0.0484. The van der Waals surface area contributed by atoms with Gasteiger partial charge in [-0.15, -0.1) is 0 Å². The zero-order valence-corrected chi connectivity index (χ0v) is 13.1. The van der Waals surface area contributed by atoms with Crippen LogP contribution in [-0.4, -0.2) is 27.3 Å². The Balaban J connectivity index is 1.56. The standard InChI is InChI=1S/C19H17N3O2/c23-19(15-8-6-14(7-9-15)18-12-20-13-24-18)22-11-3-5-17(22)16-4-1-2-10-21-16/h1-2,4,6-10,12-13,17H,3,5,11H2/t17-/m1/s1. The van der Waals surface area contributed by atoms with Crippen LogP contribution in [0.15, 0.2) is 65.7 Å². The zero-order chi connectivity index (χ0) is 16.4. The summed E-state index contributed by atoms with van der Waals surface area (Å²) in [6.07, 6.45) is 6.80. The van der Waals surface area contributed by atoms with E-state index in [1.54, 1.807) is 12.4 Å². The number of aromatic nitrogens is 2. The maximum Gasteiger partial charge on any atom is 0.254 e. The number of carbonyl (C=O) groups excluding carboxylic acids is 1. The van der Waals surface area contributed by atoms with Gasteiger partial charge in [-0.05, 0) is 37.1 Å². The van der Waals surface area contributed by atoms with Crippen molar-refractivity contribution in [2.75, 3.05) is 6.54 Å². The van der Waals surface area contributed by atoms with E-state index in [2.05, 4.69) is 9.97 Å². The van der Waals surface area contributed by atoms with Gasteiger partial charge in [0.25, 0.3) is 5.91 Å². The third kappa shape index (κ3) is 2.69. The summed E-state index contributed by atoms with van der Waals surface area (Å²) in [5.41, 5.74) is 2.55. The van der Waals surface area contributed by atoms with Crippen LogP contribution in [0.2, 0.25) is 0 Å². The average molecular weight is 319 g/mol. The minimum Gasteiger partial charge on any atom is -0.444 e. The van der Waals surface area contributed by atoms with E-state index in [0.29, 0.717) is 11.3 Å². The lowest BCUT2D eigenvalue weighted by molar-refractivity contribution is 0.0733. The number of hydrogen-bond acceptors (Lipinski definition) is 4. The topological polar surface area (TPSA) is 59.2 Å². The second-order valence-corrected chi connectivity index (χ2v) is 5.85. The van der Waals surface area contributed by atoms with Gasteiger partial charge in [0.1, 0.15) is 0 Å². The van der Waals surface area contributed by atoms with Crippen LogP contribution in [0, 0.1) is 0 Å². The minimum atomic E-state index is 0.0484. The molecule has 1 amide bonds. The Morgan fingerprint density at radius 1 is 1.17 bits per heavy atom. The Morgan fingerprint density at radius 2 is 2.04 bits per heavy atom. The van der Waals surface area contributed by atoms with E-state index < -0.39 is 0 Å². The van der Waals surface area contributed by atoms with Gasteiger partial charge in [0.15, 0.2) is 12.2 Å². The van der Waals surface area contributed by atoms with Crippen molar-refractivity contribution in [2.24, 2.45) is 0 Å². The fraction of sp³-hybridized carbons (Fsp3) is 0.211. The van der Waals surface area contributed by atoms with Crippen molar-refractivity contribution in [1.82, 2.24) is 14.9 Å². The molecule has 4 rings (SSSR count). The molecule has 5 heteroatoms. The van der Waals surface area contributed by atoms with Crippen LogP contribution in [-0.2, 0) is 0 Å². The second kappa shape index (κ2) is 6.28. The molecule has 0 unspecified atom stereocenters. The molecule has 0 aliphatic carbocycles. The van der Waals surface area contributed by atoms with Crippen LogP contribution in [0.5, 0.6) is 0 Å². The summed E-state index contributed by atoms with van der Waals surface area (Å²) in [5.74, 6) is 0.744. The average Bonchev–Trinajstić information content (AvgIpc) is 3.34. The van der Waals surface area contributed by atoms with Crippen molar-refractivity contribution in [1.29, 1.82) is 0 Å². The molecule has 3 aromatic rings. The summed E-state index contributed by atoms with van der Waals surface area (Å²) in [7, 11) is 0. The Bertz CT molecular complexity index is 814. The molecule has 24 heavy (non-hydrogen) atoms. The molecule has 1 atom stereocenters. The number of oxazole rings is 1. The van der Waals surface area contributed by atoms with Crippen LogP contribution in [0.3, 0.4) is 0 Å². The van der Waals surface area contributed by atoms with Gasteiger partial charge in [-0.25, -0.2) is 4.98 Å². The number of hydrogen-bond donors (Lipinski definition) is 0. The molecule has 0 saturated carbocycles. The van der Waals surface area contributed by atoms with E-state index in [0.717, 1.165) is 30.6 Å². The van der Waals surface area contributed by atoms with E-state index >= 15 is 0 Å². The number of nitrogens with zero attached hydrogens (tertiary/aromatic N) is 3. The predicted octanol–water partition coefficient (Wildman–Crippen LogP) is 3.71. The van der Waals surface area contributed by atoms with Gasteiger partial charge in [-0.1, -0.05) is 18.2 Å². The first-order chi connectivity index (χ1) is 11.8. The zero-order valence-electron chi connectivity index (χ0n) is 13.1. The molecule has 1 aromatic carbocycles. The van der Waals surface area contributed by atoms with Crippen molar-refractivity contribution in [3.8, 4) is 11.3 Å². The number of carbonyl (C=O) groups is 1. The molecule has 120 valence electrons. The molecule has 2 aromatic heterocycles. The highest BCUT2D eigenvalue weighted by Crippen LogP contribution is 2.32. The highest BCUT2D eigenvalue weighted by Gasteiger charge is 2.31. The SMILES string of the molecule is O=C(c1ccc(-c2cnco2)cc1)N1CCC[C@@H]1c1ccccn1. The Hall–Kier alpha value is -2.95. The van der Waals surface area contributed by atoms with Gasteiger partial charge in [0.2, 0.25) is 0 Å². The molecule has 1 fully saturated rings. The molecule has 0 radical (unpaired) electrons. The van der Waals surface area contributed by atoms with Crippen molar-refractivity contribution in [2.45, 2.75) is 18.9 Å². The van der Waals surface area contributed by atoms with Crippen molar-refractivity contribution < 1.29 is 9.21 Å². The Labute approximate surface area is 140 Å². The summed E-state index contributed by atoms with van der Waals surface area (Å²) in [4.78, 5) is 23.1. The number of benzene rings is 1. The van der Waals surface area contributed by atoms with Gasteiger partial charge in [0.05, 0.1) is 17.9 Å². The molecule has 5 nitrogen and oxygen atoms in total. The lowest BCUT2D eigenvalue weighted by atomic mass is 10.1. The predicted molar refractivity (Wildman–Crippen MR) is 89.2 cm³/mol. The van der Waals surface area contributed by atoms with E-state index in [1.807, 2.05) is 47.4 Å². The second-order valence-electron chi connectivity index (χ2n) is 5.85. The number of pyridine rings is 1. The maximum atomic E-state index is 12.9. The van der Waals surface area contributed by atoms with Crippen molar-refractivity contribution >= 4 is 5.91 Å². The normalized spacial score (nSPS) is 17.2. The first-order valence-electron chi connectivity index (χ1n) is 8.04. The summed E-state index contributed by atoms with van der Waals surface area (Å²) in [6.45, 7) is 0.768. The van der Waals surface area contributed by atoms with Gasteiger partial charge in [0, 0.05) is 23.9 Å². The number of likely N-dealkylation sites (tertiary alicyclic amines) is 1. The Morgan fingerprint density at radius 3 is 2.75 bits per heavy atom. The van der Waals surface area contributed by atoms with Gasteiger partial charge in [-0.3, -0.25) is 9.78 Å². The lowest BCUT2D eigenvalue weighted by Gasteiger charge is -2.24. The molecule has 1 aliphatic rings. The van der Waals surface area contributed by atoms with E-state index in [4.69, 9.17) is 4.42 Å². The number of amides is 1. The first-order valence-corrected chi connectivity index (χ1v) is 8.04. The van der Waals surface area contributed by atoms with Gasteiger partial charge in [-0.2, -0.15) is 0 Å². The van der Waals surface area contributed by atoms with Gasteiger partial charge < -0.3 is 9.32 Å². The summed E-state index contributed by atoms with van der Waals surface area (Å²) >= 11 is 0. The molecular formula is C19H17N3O2. The molecule has 0 bridgehead atoms. The van der Waals surface area contributed by atoms with Crippen molar-refractivity contribution in [3.05, 3.63) is 72.5 Å². The highest BCUT2D eigenvalue weighted by atomic mass is 16.3. The van der Waals surface area contributed by atoms with Crippen molar-refractivity contribution in [3.63, 3.8) is 0 Å². The quantitative estimate of drug-likeness (QED) is 0.738. The largest absolute Gasteiger partial charge is 0.444 e. The Kier molecular flexibility index (Phi) is 3.83. The van der Waals surface area contributed by atoms with E-state index in [1.165, 1.54) is 6.39 Å². The van der Waals surface area contributed by atoms with Crippen LogP contribution < -0.4 is 0 Å². The molecule has 1 saturated heterocycles. The molecule has 3 heterocycles. The van der Waals surface area contributed by atoms with E-state index in [9.17, 15) is 4.79 Å². The number of rotatable bonds is 3. The van der Waals surface area contributed by atoms with Crippen LogP contribution in [0.1, 0.15) is 34.9 Å². The molecule has 0 spiro atoms. The maximum absolute atomic E-state index is 12.9. The molecule has 0 N–H and O–H groups in total.